The molecule has 25 heavy (non-hydrogen) atoms. The second-order valence-electron chi connectivity index (χ2n) is 7.19. The fourth-order valence-corrected chi connectivity index (χ4v) is 2.53. The van der Waals surface area contributed by atoms with E-state index in [2.05, 4.69) is 4.98 Å². The summed E-state index contributed by atoms with van der Waals surface area (Å²) in [6, 6.07) is 0.846. The van der Waals surface area contributed by atoms with Crippen molar-refractivity contribution in [3.63, 3.8) is 0 Å². The van der Waals surface area contributed by atoms with Gasteiger partial charge in [0.25, 0.3) is 0 Å². The lowest BCUT2D eigenvalue weighted by molar-refractivity contribution is -0.154. The minimum Gasteiger partial charge on any atom is -0.459 e. The van der Waals surface area contributed by atoms with Gasteiger partial charge in [0.2, 0.25) is 0 Å². The van der Waals surface area contributed by atoms with Crippen LogP contribution in [0.3, 0.4) is 0 Å². The quantitative estimate of drug-likeness (QED) is 0.690. The van der Waals surface area contributed by atoms with Crippen LogP contribution in [0.5, 0.6) is 0 Å². The number of nitrogens with zero attached hydrogens (tertiary/aromatic N) is 2. The second kappa shape index (κ2) is 6.52. The Morgan fingerprint density at radius 3 is 2.40 bits per heavy atom. The van der Waals surface area contributed by atoms with E-state index in [1.165, 1.54) is 4.40 Å². The van der Waals surface area contributed by atoms with Crippen LogP contribution in [0.25, 0.3) is 5.65 Å². The zero-order valence-corrected chi connectivity index (χ0v) is 15.4. The lowest BCUT2D eigenvalue weighted by Gasteiger charge is -2.17. The maximum Gasteiger partial charge on any atom is 0.417 e. The first-order valence-corrected chi connectivity index (χ1v) is 8.15. The Balaban J connectivity index is 2.57. The van der Waals surface area contributed by atoms with E-state index in [-0.39, 0.29) is 23.2 Å². The molecule has 0 aliphatic rings. The van der Waals surface area contributed by atoms with Crippen LogP contribution >= 0.6 is 11.6 Å². The molecule has 0 atom stereocenters. The van der Waals surface area contributed by atoms with Gasteiger partial charge in [-0.05, 0) is 32.8 Å². The average Bonchev–Trinajstić information content (AvgIpc) is 2.82. The number of esters is 1. The number of ether oxygens (including phenoxy) is 1. The maximum atomic E-state index is 13.1. The van der Waals surface area contributed by atoms with Gasteiger partial charge in [-0.25, -0.2) is 4.98 Å². The van der Waals surface area contributed by atoms with Crippen molar-refractivity contribution >= 4 is 23.2 Å². The Labute approximate surface area is 148 Å². The number of hydrogen-bond acceptors (Lipinski definition) is 3. The van der Waals surface area contributed by atoms with Crippen LogP contribution in [0.4, 0.5) is 13.2 Å². The van der Waals surface area contributed by atoms with Gasteiger partial charge in [-0.1, -0.05) is 25.4 Å². The minimum absolute atomic E-state index is 0.0753. The van der Waals surface area contributed by atoms with Gasteiger partial charge in [-0.2, -0.15) is 13.2 Å². The smallest absolute Gasteiger partial charge is 0.417 e. The number of imidazole rings is 1. The molecule has 138 valence electrons. The number of alkyl halides is 3. The Bertz CT molecular complexity index is 805. The first-order valence-electron chi connectivity index (χ1n) is 7.77. The molecule has 0 unspecified atom stereocenters. The normalized spacial score (nSPS) is 12.9. The fraction of sp³-hybridized carbons (Fsp3) is 0.529. The highest BCUT2D eigenvalue weighted by Crippen LogP contribution is 2.34. The number of pyridine rings is 1. The lowest BCUT2D eigenvalue weighted by Crippen LogP contribution is -2.23. The van der Waals surface area contributed by atoms with Gasteiger partial charge >= 0.3 is 12.1 Å². The summed E-state index contributed by atoms with van der Waals surface area (Å²) in [6.07, 6.45) is -3.61. The zero-order chi connectivity index (χ0) is 19.2. The summed E-state index contributed by atoms with van der Waals surface area (Å²) in [7, 11) is 0. The third-order valence-corrected chi connectivity index (χ3v) is 3.91. The first kappa shape index (κ1) is 19.6. The molecule has 2 heterocycles. The van der Waals surface area contributed by atoms with Crippen LogP contribution in [0, 0.1) is 5.41 Å². The Morgan fingerprint density at radius 1 is 1.32 bits per heavy atom. The number of halogens is 4. The molecule has 0 fully saturated rings. The number of carbonyl (C=O) groups excluding carboxylic acids is 1. The van der Waals surface area contributed by atoms with E-state index in [0.29, 0.717) is 11.4 Å². The van der Waals surface area contributed by atoms with Crippen molar-refractivity contribution in [2.24, 2.45) is 5.41 Å². The molecule has 2 rings (SSSR count). The van der Waals surface area contributed by atoms with Crippen molar-refractivity contribution in [2.75, 3.05) is 0 Å². The van der Waals surface area contributed by atoms with Crippen LogP contribution in [-0.2, 0) is 22.3 Å². The van der Waals surface area contributed by atoms with E-state index in [4.69, 9.17) is 16.3 Å². The number of fused-ring (bicyclic) bond motifs is 1. The van der Waals surface area contributed by atoms with E-state index in [1.807, 2.05) is 13.8 Å². The van der Waals surface area contributed by atoms with Gasteiger partial charge in [-0.3, -0.25) is 9.20 Å². The van der Waals surface area contributed by atoms with E-state index in [0.717, 1.165) is 12.3 Å². The van der Waals surface area contributed by atoms with E-state index in [9.17, 15) is 18.0 Å². The summed E-state index contributed by atoms with van der Waals surface area (Å²) < 4.78 is 45.8. The zero-order valence-electron chi connectivity index (χ0n) is 14.7. The van der Waals surface area contributed by atoms with Crippen molar-refractivity contribution in [3.05, 3.63) is 34.2 Å². The third-order valence-electron chi connectivity index (χ3n) is 3.63. The van der Waals surface area contributed by atoms with Crippen molar-refractivity contribution in [1.29, 1.82) is 0 Å². The molecule has 0 aliphatic carbocycles. The van der Waals surface area contributed by atoms with Crippen molar-refractivity contribution in [2.45, 2.75) is 53.3 Å². The summed E-state index contributed by atoms with van der Waals surface area (Å²) in [5, 5.41) is -0.106. The van der Waals surface area contributed by atoms with Gasteiger partial charge in [0.05, 0.1) is 27.4 Å². The highest BCUT2D eigenvalue weighted by molar-refractivity contribution is 6.33. The highest BCUT2D eigenvalue weighted by atomic mass is 35.5. The molecule has 0 N–H and O–H groups in total. The maximum absolute atomic E-state index is 13.1. The van der Waals surface area contributed by atoms with E-state index < -0.39 is 23.1 Å². The summed E-state index contributed by atoms with van der Waals surface area (Å²) in [5.41, 5.74) is -0.465. The monoisotopic (exact) mass is 376 g/mol. The molecular formula is C17H20ClF3N2O2. The Hall–Kier alpha value is -1.76. The predicted molar refractivity (Wildman–Crippen MR) is 88.5 cm³/mol. The molecule has 8 heteroatoms. The molecule has 2 aromatic rings. The third kappa shape index (κ3) is 4.08. The number of aromatic nitrogens is 2. The SMILES string of the molecule is CC(C)c1nc2c(Cl)cc(C(F)(F)F)cn2c1COC(=O)C(C)(C)C. The van der Waals surface area contributed by atoms with Crippen molar-refractivity contribution in [3.8, 4) is 0 Å². The fourth-order valence-electron chi connectivity index (χ4n) is 2.28. The van der Waals surface area contributed by atoms with E-state index in [1.54, 1.807) is 20.8 Å². The molecule has 2 aromatic heterocycles. The topological polar surface area (TPSA) is 43.6 Å². The molecule has 0 bridgehead atoms. The highest BCUT2D eigenvalue weighted by Gasteiger charge is 2.33. The molecule has 0 spiro atoms. The van der Waals surface area contributed by atoms with Gasteiger partial charge in [-0.15, -0.1) is 0 Å². The number of hydrogen-bond donors (Lipinski definition) is 0. The van der Waals surface area contributed by atoms with Gasteiger partial charge in [0.15, 0.2) is 5.65 Å². The van der Waals surface area contributed by atoms with Gasteiger partial charge in [0, 0.05) is 6.20 Å². The Kier molecular flexibility index (Phi) is 5.10. The molecule has 4 nitrogen and oxygen atoms in total. The second-order valence-corrected chi connectivity index (χ2v) is 7.60. The molecule has 0 saturated heterocycles. The first-order chi connectivity index (χ1) is 11.3. The largest absolute Gasteiger partial charge is 0.459 e. The van der Waals surface area contributed by atoms with Crippen molar-refractivity contribution in [1.82, 2.24) is 9.38 Å². The van der Waals surface area contributed by atoms with Crippen LogP contribution in [-0.4, -0.2) is 15.4 Å². The Morgan fingerprint density at radius 2 is 1.92 bits per heavy atom. The van der Waals surface area contributed by atoms with E-state index >= 15 is 0 Å². The van der Waals surface area contributed by atoms with Crippen LogP contribution in [0.1, 0.15) is 57.5 Å². The van der Waals surface area contributed by atoms with Crippen molar-refractivity contribution < 1.29 is 22.7 Å². The van der Waals surface area contributed by atoms with Crippen LogP contribution in [0.15, 0.2) is 12.3 Å². The molecule has 0 saturated carbocycles. The molecule has 0 amide bonds. The molecule has 0 radical (unpaired) electrons. The average molecular weight is 377 g/mol. The van der Waals surface area contributed by atoms with Gasteiger partial charge < -0.3 is 4.74 Å². The lowest BCUT2D eigenvalue weighted by atomic mass is 9.97. The summed E-state index contributed by atoms with van der Waals surface area (Å²) in [6.45, 7) is 8.64. The standard InChI is InChI=1S/C17H20ClF3N2O2/c1-9(2)13-12(8-25-15(24)16(3,4)5)23-7-10(17(19,20)21)6-11(18)14(23)22-13/h6-7,9H,8H2,1-5H3. The molecular weight excluding hydrogens is 357 g/mol. The minimum atomic E-state index is -4.54. The molecule has 0 aliphatic heterocycles. The molecule has 0 aromatic carbocycles. The van der Waals surface area contributed by atoms with Gasteiger partial charge in [0.1, 0.15) is 6.61 Å². The summed E-state index contributed by atoms with van der Waals surface area (Å²) in [4.78, 5) is 16.4. The number of carbonyl (C=O) groups is 1. The summed E-state index contributed by atoms with van der Waals surface area (Å²) >= 11 is 6.00. The van der Waals surface area contributed by atoms with Crippen LogP contribution in [0.2, 0.25) is 5.02 Å². The van der Waals surface area contributed by atoms with Crippen LogP contribution < -0.4 is 0 Å². The summed E-state index contributed by atoms with van der Waals surface area (Å²) in [5.74, 6) is -0.524. The predicted octanol–water partition coefficient (Wildman–Crippen LogP) is 5.22. The number of rotatable bonds is 3.